The van der Waals surface area contributed by atoms with Crippen molar-refractivity contribution in [2.24, 2.45) is 5.73 Å². The Kier molecular flexibility index (Phi) is 5.14. The minimum absolute atomic E-state index is 0.0542. The first-order chi connectivity index (χ1) is 9.97. The molecule has 1 aliphatic heterocycles. The van der Waals surface area contributed by atoms with Gasteiger partial charge in [0, 0.05) is 31.9 Å². The number of piperazine rings is 1. The molecule has 1 saturated heterocycles. The number of aryl methyl sites for hydroxylation is 1. The predicted octanol–water partition coefficient (Wildman–Crippen LogP) is 1.82. The fourth-order valence-electron chi connectivity index (χ4n) is 2.33. The molecule has 1 aromatic carbocycles. The Hall–Kier alpha value is -1.66. The van der Waals surface area contributed by atoms with Crippen molar-refractivity contribution in [2.45, 2.75) is 19.9 Å². The van der Waals surface area contributed by atoms with Crippen LogP contribution in [0.15, 0.2) is 24.3 Å². The van der Waals surface area contributed by atoms with Crippen LogP contribution in [0.1, 0.15) is 12.5 Å². The number of carbonyl (C=O) groups is 1. The van der Waals surface area contributed by atoms with Crippen LogP contribution in [0.2, 0.25) is 0 Å². The normalized spacial score (nSPS) is 17.3. The lowest BCUT2D eigenvalue weighted by Gasteiger charge is -2.37. The molecule has 3 N–H and O–H groups in total. The molecule has 1 heterocycles. The molecule has 21 heavy (non-hydrogen) atoms. The molecule has 0 aliphatic carbocycles. The summed E-state index contributed by atoms with van der Waals surface area (Å²) in [7, 11) is 0. The van der Waals surface area contributed by atoms with Crippen LogP contribution < -0.4 is 11.1 Å². The van der Waals surface area contributed by atoms with Gasteiger partial charge < -0.3 is 16.0 Å². The van der Waals surface area contributed by atoms with Gasteiger partial charge in [-0.25, -0.2) is 4.79 Å². The first-order valence-electron chi connectivity index (χ1n) is 7.13. The fraction of sp³-hybridized carbons (Fsp3) is 0.467. The van der Waals surface area contributed by atoms with E-state index in [0.717, 1.165) is 18.8 Å². The molecule has 1 aromatic rings. The van der Waals surface area contributed by atoms with Crippen molar-refractivity contribution in [3.63, 3.8) is 0 Å². The lowest BCUT2D eigenvalue weighted by Crippen LogP contribution is -2.54. The number of hydrogen-bond acceptors (Lipinski definition) is 3. The second-order valence-electron chi connectivity index (χ2n) is 5.40. The number of nitrogens with two attached hydrogens (primary N) is 1. The smallest absolute Gasteiger partial charge is 0.321 e. The van der Waals surface area contributed by atoms with Crippen molar-refractivity contribution in [2.75, 3.05) is 31.5 Å². The number of amides is 2. The third-order valence-electron chi connectivity index (χ3n) is 3.86. The summed E-state index contributed by atoms with van der Waals surface area (Å²) in [4.78, 5) is 16.7. The van der Waals surface area contributed by atoms with Gasteiger partial charge >= 0.3 is 6.03 Å². The maximum Gasteiger partial charge on any atom is 0.321 e. The second-order valence-corrected chi connectivity index (χ2v) is 5.87. The predicted molar refractivity (Wildman–Crippen MR) is 89.6 cm³/mol. The minimum Gasteiger partial charge on any atom is -0.392 e. The zero-order valence-electron chi connectivity index (χ0n) is 12.5. The number of benzene rings is 1. The Morgan fingerprint density at radius 3 is 2.33 bits per heavy atom. The lowest BCUT2D eigenvalue weighted by molar-refractivity contribution is 0.139. The summed E-state index contributed by atoms with van der Waals surface area (Å²) in [6.45, 7) is 6.98. The monoisotopic (exact) mass is 306 g/mol. The third kappa shape index (κ3) is 4.15. The quantitative estimate of drug-likeness (QED) is 0.836. The summed E-state index contributed by atoms with van der Waals surface area (Å²) >= 11 is 5.02. The van der Waals surface area contributed by atoms with Crippen LogP contribution in [0.3, 0.4) is 0 Å². The highest BCUT2D eigenvalue weighted by molar-refractivity contribution is 7.80. The summed E-state index contributed by atoms with van der Waals surface area (Å²) < 4.78 is 0. The third-order valence-corrected chi connectivity index (χ3v) is 4.20. The van der Waals surface area contributed by atoms with Gasteiger partial charge in [0.1, 0.15) is 0 Å². The molecule has 1 atom stereocenters. The number of rotatable bonds is 3. The van der Waals surface area contributed by atoms with E-state index in [-0.39, 0.29) is 12.1 Å². The maximum absolute atomic E-state index is 12.2. The summed E-state index contributed by atoms with van der Waals surface area (Å²) in [6.07, 6.45) is 0. The summed E-state index contributed by atoms with van der Waals surface area (Å²) in [5.41, 5.74) is 7.67. The van der Waals surface area contributed by atoms with Crippen LogP contribution in [0.5, 0.6) is 0 Å². The van der Waals surface area contributed by atoms with Crippen molar-refractivity contribution in [1.29, 1.82) is 0 Å². The van der Waals surface area contributed by atoms with Gasteiger partial charge in [-0.05, 0) is 26.0 Å². The van der Waals surface area contributed by atoms with Gasteiger partial charge in [-0.1, -0.05) is 29.9 Å². The zero-order chi connectivity index (χ0) is 15.4. The molecule has 0 bridgehead atoms. The van der Waals surface area contributed by atoms with Gasteiger partial charge in [0.05, 0.1) is 11.0 Å². The van der Waals surface area contributed by atoms with E-state index in [2.05, 4.69) is 10.2 Å². The van der Waals surface area contributed by atoms with E-state index in [0.29, 0.717) is 18.1 Å². The van der Waals surface area contributed by atoms with Crippen molar-refractivity contribution in [1.82, 2.24) is 9.80 Å². The van der Waals surface area contributed by atoms with Crippen LogP contribution >= 0.6 is 12.2 Å². The van der Waals surface area contributed by atoms with Crippen LogP contribution in [-0.4, -0.2) is 53.0 Å². The molecule has 0 spiro atoms. The van der Waals surface area contributed by atoms with Crippen LogP contribution in [0.4, 0.5) is 10.5 Å². The Balaban J connectivity index is 1.85. The van der Waals surface area contributed by atoms with Gasteiger partial charge in [-0.15, -0.1) is 0 Å². The number of nitrogens with zero attached hydrogens (tertiary/aromatic N) is 2. The zero-order valence-corrected chi connectivity index (χ0v) is 13.3. The van der Waals surface area contributed by atoms with E-state index in [4.69, 9.17) is 18.0 Å². The van der Waals surface area contributed by atoms with E-state index in [1.165, 1.54) is 5.56 Å². The minimum atomic E-state index is -0.0542. The maximum atomic E-state index is 12.2. The fourth-order valence-corrected chi connectivity index (χ4v) is 2.48. The highest BCUT2D eigenvalue weighted by Crippen LogP contribution is 2.12. The van der Waals surface area contributed by atoms with Gasteiger partial charge in [0.2, 0.25) is 0 Å². The Labute approximate surface area is 131 Å². The number of urea groups is 1. The Bertz CT molecular complexity index is 509. The largest absolute Gasteiger partial charge is 0.392 e. The van der Waals surface area contributed by atoms with Gasteiger partial charge in [0.25, 0.3) is 0 Å². The molecule has 0 saturated carbocycles. The molecule has 2 rings (SSSR count). The molecule has 5 nitrogen and oxygen atoms in total. The van der Waals surface area contributed by atoms with Gasteiger partial charge in [-0.2, -0.15) is 0 Å². The number of hydrogen-bond donors (Lipinski definition) is 2. The molecule has 1 unspecified atom stereocenters. The standard InChI is InChI=1S/C15H22N4OS/c1-11-3-5-13(6-4-11)17-15(20)19-9-7-18(8-10-19)12(2)14(16)21/h3-6,12H,7-10H2,1-2H3,(H2,16,21)(H,17,20). The topological polar surface area (TPSA) is 61.6 Å². The van der Waals surface area contributed by atoms with Crippen LogP contribution in [0, 0.1) is 6.92 Å². The molecule has 0 aromatic heterocycles. The summed E-state index contributed by atoms with van der Waals surface area (Å²) in [6, 6.07) is 7.83. The van der Waals surface area contributed by atoms with Crippen LogP contribution in [0.25, 0.3) is 0 Å². The van der Waals surface area contributed by atoms with E-state index in [9.17, 15) is 4.79 Å². The lowest BCUT2D eigenvalue weighted by atomic mass is 10.2. The first kappa shape index (κ1) is 15.7. The summed E-state index contributed by atoms with van der Waals surface area (Å²) in [5, 5.41) is 2.92. The number of nitrogens with one attached hydrogen (secondary N) is 1. The highest BCUT2D eigenvalue weighted by atomic mass is 32.1. The second kappa shape index (κ2) is 6.87. The van der Waals surface area contributed by atoms with Crippen molar-refractivity contribution >= 4 is 28.9 Å². The van der Waals surface area contributed by atoms with E-state index in [1.54, 1.807) is 0 Å². The molecule has 0 radical (unpaired) electrons. The highest BCUT2D eigenvalue weighted by Gasteiger charge is 2.24. The van der Waals surface area contributed by atoms with E-state index < -0.39 is 0 Å². The van der Waals surface area contributed by atoms with E-state index in [1.807, 2.05) is 43.0 Å². The SMILES string of the molecule is Cc1ccc(NC(=O)N2CCN(C(C)C(N)=S)CC2)cc1. The van der Waals surface area contributed by atoms with E-state index >= 15 is 0 Å². The van der Waals surface area contributed by atoms with Crippen molar-refractivity contribution in [3.05, 3.63) is 29.8 Å². The molecule has 1 fully saturated rings. The van der Waals surface area contributed by atoms with Crippen LogP contribution in [-0.2, 0) is 0 Å². The number of anilines is 1. The number of carbonyl (C=O) groups excluding carboxylic acids is 1. The average molecular weight is 306 g/mol. The van der Waals surface area contributed by atoms with Gasteiger partial charge in [0.15, 0.2) is 0 Å². The molecule has 114 valence electrons. The Morgan fingerprint density at radius 2 is 1.81 bits per heavy atom. The molecule has 1 aliphatic rings. The first-order valence-corrected chi connectivity index (χ1v) is 7.54. The average Bonchev–Trinajstić information content (AvgIpc) is 2.49. The molecular weight excluding hydrogens is 284 g/mol. The Morgan fingerprint density at radius 1 is 1.24 bits per heavy atom. The number of thiocarbonyl (C=S) groups is 1. The summed E-state index contributed by atoms with van der Waals surface area (Å²) in [5.74, 6) is 0. The van der Waals surface area contributed by atoms with Crippen molar-refractivity contribution < 1.29 is 4.79 Å². The van der Waals surface area contributed by atoms with Crippen molar-refractivity contribution in [3.8, 4) is 0 Å². The molecular formula is C15H22N4OS. The molecule has 2 amide bonds. The van der Waals surface area contributed by atoms with Gasteiger partial charge in [-0.3, -0.25) is 4.90 Å². The molecule has 6 heteroatoms.